The summed E-state index contributed by atoms with van der Waals surface area (Å²) in [6.07, 6.45) is 0.888. The number of carbonyl (C=O) groups excluding carboxylic acids is 1. The Morgan fingerprint density at radius 3 is 2.56 bits per heavy atom. The molecule has 2 aliphatic rings. The summed E-state index contributed by atoms with van der Waals surface area (Å²) in [7, 11) is 0. The molecule has 1 spiro atoms. The van der Waals surface area contributed by atoms with Gasteiger partial charge < -0.3 is 10.6 Å². The van der Waals surface area contributed by atoms with Crippen LogP contribution in [0.1, 0.15) is 44.2 Å². The van der Waals surface area contributed by atoms with Gasteiger partial charge in [0, 0.05) is 34.2 Å². The molecule has 2 aliphatic heterocycles. The van der Waals surface area contributed by atoms with Crippen LogP contribution in [-0.4, -0.2) is 18.5 Å². The minimum Gasteiger partial charge on any atom is -0.325 e. The molecule has 5 heteroatoms. The fourth-order valence-electron chi connectivity index (χ4n) is 4.80. The highest BCUT2D eigenvalue weighted by Gasteiger charge is 2.61. The minimum atomic E-state index is -0.669. The first-order valence-electron chi connectivity index (χ1n) is 9.32. The first-order valence-corrected chi connectivity index (χ1v) is 10.1. The second-order valence-corrected chi connectivity index (χ2v) is 9.72. The Bertz CT molecular complexity index is 905. The first kappa shape index (κ1) is 18.8. The molecular formula is C22H24Cl2N2O. The maximum absolute atomic E-state index is 13.5. The quantitative estimate of drug-likeness (QED) is 0.707. The van der Waals surface area contributed by atoms with Gasteiger partial charge in [-0.05, 0) is 47.2 Å². The van der Waals surface area contributed by atoms with Gasteiger partial charge in [-0.1, -0.05) is 62.2 Å². The molecule has 0 radical (unpaired) electrons. The lowest BCUT2D eigenvalue weighted by Gasteiger charge is -2.37. The van der Waals surface area contributed by atoms with E-state index in [4.69, 9.17) is 23.2 Å². The molecule has 4 rings (SSSR count). The van der Waals surface area contributed by atoms with E-state index in [1.807, 2.05) is 36.4 Å². The van der Waals surface area contributed by atoms with Gasteiger partial charge in [0.2, 0.25) is 5.91 Å². The van der Waals surface area contributed by atoms with E-state index in [-0.39, 0.29) is 23.3 Å². The van der Waals surface area contributed by atoms with E-state index in [9.17, 15) is 4.79 Å². The SMILES string of the molecule is CC(C)(C)CC1NCC(c2cccc(Cl)c2)C12C(=O)Nc1cc(Cl)ccc12. The first-order chi connectivity index (χ1) is 12.7. The number of halogens is 2. The molecule has 1 fully saturated rings. The zero-order chi connectivity index (χ0) is 19.4. The van der Waals surface area contributed by atoms with E-state index in [0.29, 0.717) is 10.0 Å². The van der Waals surface area contributed by atoms with Crippen molar-refractivity contribution in [2.75, 3.05) is 11.9 Å². The molecule has 3 unspecified atom stereocenters. The van der Waals surface area contributed by atoms with Crippen LogP contribution >= 0.6 is 23.2 Å². The molecule has 0 saturated carbocycles. The van der Waals surface area contributed by atoms with Crippen molar-refractivity contribution in [3.8, 4) is 0 Å². The summed E-state index contributed by atoms with van der Waals surface area (Å²) in [6.45, 7) is 7.37. The molecule has 2 aromatic carbocycles. The van der Waals surface area contributed by atoms with Gasteiger partial charge in [0.05, 0.1) is 5.41 Å². The lowest BCUT2D eigenvalue weighted by Crippen LogP contribution is -2.49. The van der Waals surface area contributed by atoms with Gasteiger partial charge in [-0.3, -0.25) is 4.79 Å². The van der Waals surface area contributed by atoms with Crippen LogP contribution in [0.25, 0.3) is 0 Å². The second-order valence-electron chi connectivity index (χ2n) is 8.85. The molecule has 0 aliphatic carbocycles. The van der Waals surface area contributed by atoms with Gasteiger partial charge >= 0.3 is 0 Å². The summed E-state index contributed by atoms with van der Waals surface area (Å²) in [5.74, 6) is 0.0509. The Labute approximate surface area is 170 Å². The normalized spacial score (nSPS) is 27.1. The predicted octanol–water partition coefficient (Wildman–Crippen LogP) is 5.38. The summed E-state index contributed by atoms with van der Waals surface area (Å²) >= 11 is 12.5. The standard InChI is InChI=1S/C22H24Cl2N2O/c1-21(2,3)11-19-22(16-8-7-15(24)10-18(16)26-20(22)27)17(12-25-19)13-5-4-6-14(23)9-13/h4-10,17,19,25H,11-12H2,1-3H3,(H,26,27). The second kappa shape index (κ2) is 6.51. The number of carbonyl (C=O) groups is 1. The van der Waals surface area contributed by atoms with Crippen LogP contribution in [0, 0.1) is 5.41 Å². The maximum Gasteiger partial charge on any atom is 0.237 e. The van der Waals surface area contributed by atoms with Crippen molar-refractivity contribution in [2.45, 2.75) is 44.6 Å². The van der Waals surface area contributed by atoms with Crippen LogP contribution in [0.3, 0.4) is 0 Å². The molecule has 1 amide bonds. The Kier molecular flexibility index (Phi) is 4.53. The third-order valence-corrected chi connectivity index (χ3v) is 6.26. The van der Waals surface area contributed by atoms with Gasteiger partial charge in [-0.15, -0.1) is 0 Å². The van der Waals surface area contributed by atoms with Crippen molar-refractivity contribution in [1.29, 1.82) is 0 Å². The summed E-state index contributed by atoms with van der Waals surface area (Å²) in [6, 6.07) is 13.7. The van der Waals surface area contributed by atoms with Gasteiger partial charge in [-0.25, -0.2) is 0 Å². The highest BCUT2D eigenvalue weighted by molar-refractivity contribution is 6.31. The molecule has 142 valence electrons. The lowest BCUT2D eigenvalue weighted by atomic mass is 9.64. The number of fused-ring (bicyclic) bond motifs is 2. The highest BCUT2D eigenvalue weighted by atomic mass is 35.5. The Morgan fingerprint density at radius 1 is 1.11 bits per heavy atom. The van der Waals surface area contributed by atoms with Crippen molar-refractivity contribution in [1.82, 2.24) is 5.32 Å². The Hall–Kier alpha value is -1.55. The van der Waals surface area contributed by atoms with Crippen molar-refractivity contribution < 1.29 is 4.79 Å². The molecular weight excluding hydrogens is 379 g/mol. The molecule has 2 heterocycles. The van der Waals surface area contributed by atoms with Crippen LogP contribution < -0.4 is 10.6 Å². The number of nitrogens with one attached hydrogen (secondary N) is 2. The van der Waals surface area contributed by atoms with Crippen LogP contribution in [0.15, 0.2) is 42.5 Å². The number of anilines is 1. The number of hydrogen-bond acceptors (Lipinski definition) is 2. The molecule has 2 N–H and O–H groups in total. The topological polar surface area (TPSA) is 41.1 Å². The predicted molar refractivity (Wildman–Crippen MR) is 112 cm³/mol. The third-order valence-electron chi connectivity index (χ3n) is 5.79. The molecule has 0 aromatic heterocycles. The molecule has 3 atom stereocenters. The van der Waals surface area contributed by atoms with Gasteiger partial charge in [0.1, 0.15) is 0 Å². The molecule has 3 nitrogen and oxygen atoms in total. The fourth-order valence-corrected chi connectivity index (χ4v) is 5.17. The van der Waals surface area contributed by atoms with Crippen LogP contribution in [0.2, 0.25) is 10.0 Å². The van der Waals surface area contributed by atoms with E-state index in [1.54, 1.807) is 0 Å². The van der Waals surface area contributed by atoms with E-state index >= 15 is 0 Å². The Balaban J connectivity index is 1.91. The van der Waals surface area contributed by atoms with Crippen LogP contribution in [0.4, 0.5) is 5.69 Å². The largest absolute Gasteiger partial charge is 0.325 e. The number of benzene rings is 2. The average Bonchev–Trinajstić information content (AvgIpc) is 3.06. The van der Waals surface area contributed by atoms with Gasteiger partial charge in [-0.2, -0.15) is 0 Å². The van der Waals surface area contributed by atoms with E-state index in [2.05, 4.69) is 37.5 Å². The number of rotatable bonds is 2. The minimum absolute atomic E-state index is 0.00553. The summed E-state index contributed by atoms with van der Waals surface area (Å²) in [5, 5.41) is 8.09. The molecule has 2 aromatic rings. The van der Waals surface area contributed by atoms with E-state index in [0.717, 1.165) is 29.8 Å². The zero-order valence-electron chi connectivity index (χ0n) is 15.8. The van der Waals surface area contributed by atoms with E-state index < -0.39 is 5.41 Å². The smallest absolute Gasteiger partial charge is 0.237 e. The van der Waals surface area contributed by atoms with Crippen LogP contribution in [-0.2, 0) is 10.2 Å². The maximum atomic E-state index is 13.5. The third kappa shape index (κ3) is 3.06. The average molecular weight is 403 g/mol. The van der Waals surface area contributed by atoms with Crippen LogP contribution in [0.5, 0.6) is 0 Å². The van der Waals surface area contributed by atoms with Crippen molar-refractivity contribution in [3.63, 3.8) is 0 Å². The van der Waals surface area contributed by atoms with Crippen molar-refractivity contribution in [2.24, 2.45) is 5.41 Å². The summed E-state index contributed by atoms with van der Waals surface area (Å²) in [4.78, 5) is 13.5. The summed E-state index contributed by atoms with van der Waals surface area (Å²) in [5.41, 5.74) is 2.36. The van der Waals surface area contributed by atoms with E-state index in [1.165, 1.54) is 0 Å². The van der Waals surface area contributed by atoms with Gasteiger partial charge in [0.15, 0.2) is 0 Å². The zero-order valence-corrected chi connectivity index (χ0v) is 17.3. The van der Waals surface area contributed by atoms with Crippen molar-refractivity contribution in [3.05, 3.63) is 63.6 Å². The fraction of sp³-hybridized carbons (Fsp3) is 0.409. The van der Waals surface area contributed by atoms with Crippen molar-refractivity contribution >= 4 is 34.8 Å². The lowest BCUT2D eigenvalue weighted by molar-refractivity contribution is -0.121. The molecule has 27 heavy (non-hydrogen) atoms. The number of hydrogen-bond donors (Lipinski definition) is 2. The monoisotopic (exact) mass is 402 g/mol. The highest BCUT2D eigenvalue weighted by Crippen LogP contribution is 2.54. The Morgan fingerprint density at radius 2 is 1.85 bits per heavy atom. The molecule has 0 bridgehead atoms. The number of amides is 1. The summed E-state index contributed by atoms with van der Waals surface area (Å²) < 4.78 is 0. The van der Waals surface area contributed by atoms with Gasteiger partial charge in [0.25, 0.3) is 0 Å². The molecule has 1 saturated heterocycles.